The molecule has 0 spiro atoms. The summed E-state index contributed by atoms with van der Waals surface area (Å²) in [4.78, 5) is 42.4. The molecule has 210 valence electrons. The van der Waals surface area contributed by atoms with E-state index in [-0.39, 0.29) is 42.8 Å². The smallest absolute Gasteiger partial charge is 0.321 e. The minimum Gasteiger partial charge on any atom is -0.487 e. The standard InChI is InChI=1S/C31H36N4O5/c1-19-16-35(20(2)18-36)30(38)25-15-23(32-29(37)22-11-12-22)13-14-27(25)40-28(19)17-34(3)31(39)33-26-10-6-8-21-7-4-5-9-24(21)26/h4-10,13-15,19-20,22,28,36H,11-12,16-18H2,1-3H3,(H,32,37)(H,33,39)/t19-,20-,28-/m1/s1. The first-order valence-corrected chi connectivity index (χ1v) is 13.8. The molecule has 3 aromatic carbocycles. The molecule has 3 N–H and O–H groups in total. The third kappa shape index (κ3) is 5.89. The molecule has 0 bridgehead atoms. The highest BCUT2D eigenvalue weighted by Crippen LogP contribution is 2.33. The zero-order chi connectivity index (χ0) is 28.4. The third-order valence-corrected chi connectivity index (χ3v) is 7.71. The molecule has 9 heteroatoms. The average molecular weight is 545 g/mol. The molecule has 9 nitrogen and oxygen atoms in total. The number of likely N-dealkylation sites (N-methyl/N-ethyl adjacent to an activating group) is 1. The summed E-state index contributed by atoms with van der Waals surface area (Å²) < 4.78 is 6.40. The summed E-state index contributed by atoms with van der Waals surface area (Å²) in [5, 5.41) is 17.8. The number of hydrogen-bond donors (Lipinski definition) is 3. The number of nitrogens with zero attached hydrogens (tertiary/aromatic N) is 2. The number of fused-ring (bicyclic) bond motifs is 2. The van der Waals surface area contributed by atoms with Crippen LogP contribution in [0.2, 0.25) is 0 Å². The Morgan fingerprint density at radius 2 is 1.85 bits per heavy atom. The average Bonchev–Trinajstić information content (AvgIpc) is 3.81. The molecule has 0 saturated heterocycles. The Kier molecular flexibility index (Phi) is 7.93. The Labute approximate surface area is 234 Å². The van der Waals surface area contributed by atoms with Gasteiger partial charge in [-0.2, -0.15) is 0 Å². The van der Waals surface area contributed by atoms with Gasteiger partial charge in [-0.1, -0.05) is 43.3 Å². The summed E-state index contributed by atoms with van der Waals surface area (Å²) in [6.45, 7) is 4.19. The van der Waals surface area contributed by atoms with Crippen LogP contribution in [0, 0.1) is 11.8 Å². The van der Waals surface area contributed by atoms with E-state index in [1.807, 2.05) is 49.4 Å². The zero-order valence-electron chi connectivity index (χ0n) is 23.1. The van der Waals surface area contributed by atoms with Crippen LogP contribution in [0.25, 0.3) is 10.8 Å². The molecule has 1 saturated carbocycles. The molecule has 2 aliphatic rings. The molecular weight excluding hydrogens is 508 g/mol. The van der Waals surface area contributed by atoms with Gasteiger partial charge in [-0.15, -0.1) is 0 Å². The van der Waals surface area contributed by atoms with Crippen LogP contribution >= 0.6 is 0 Å². The Hall–Kier alpha value is -4.11. The number of hydrogen-bond acceptors (Lipinski definition) is 5. The summed E-state index contributed by atoms with van der Waals surface area (Å²) in [5.41, 5.74) is 1.57. The lowest BCUT2D eigenvalue weighted by Crippen LogP contribution is -2.50. The molecule has 4 amide bonds. The van der Waals surface area contributed by atoms with E-state index in [9.17, 15) is 19.5 Å². The summed E-state index contributed by atoms with van der Waals surface area (Å²) in [5.74, 6) is -0.0608. The number of urea groups is 1. The van der Waals surface area contributed by atoms with Gasteiger partial charge in [0.05, 0.1) is 30.4 Å². The first-order chi connectivity index (χ1) is 19.2. The van der Waals surface area contributed by atoms with Gasteiger partial charge in [0.1, 0.15) is 11.9 Å². The molecule has 0 unspecified atom stereocenters. The minimum absolute atomic E-state index is 0.0284. The molecule has 1 aliphatic carbocycles. The number of rotatable bonds is 7. The van der Waals surface area contributed by atoms with Crippen molar-refractivity contribution in [2.24, 2.45) is 11.8 Å². The van der Waals surface area contributed by atoms with Crippen LogP contribution in [-0.4, -0.2) is 71.6 Å². The number of amides is 4. The second kappa shape index (κ2) is 11.6. The van der Waals surface area contributed by atoms with E-state index in [0.717, 1.165) is 29.3 Å². The first-order valence-electron chi connectivity index (χ1n) is 13.8. The van der Waals surface area contributed by atoms with Crippen LogP contribution in [0.4, 0.5) is 16.2 Å². The molecule has 0 aromatic heterocycles. The highest BCUT2D eigenvalue weighted by atomic mass is 16.5. The van der Waals surface area contributed by atoms with Crippen molar-refractivity contribution in [2.75, 3.05) is 37.4 Å². The lowest BCUT2D eigenvalue weighted by atomic mass is 9.99. The topological polar surface area (TPSA) is 111 Å². The van der Waals surface area contributed by atoms with Gasteiger partial charge in [-0.25, -0.2) is 4.79 Å². The number of aliphatic hydroxyl groups is 1. The van der Waals surface area contributed by atoms with Gasteiger partial charge in [-0.3, -0.25) is 9.59 Å². The second-order valence-corrected chi connectivity index (χ2v) is 10.9. The number of ether oxygens (including phenoxy) is 1. The molecule has 3 atom stereocenters. The highest BCUT2D eigenvalue weighted by Gasteiger charge is 2.35. The maximum Gasteiger partial charge on any atom is 0.321 e. The molecule has 3 aromatic rings. The molecule has 1 heterocycles. The van der Waals surface area contributed by atoms with Gasteiger partial charge < -0.3 is 30.3 Å². The first kappa shape index (κ1) is 27.5. The Balaban J connectivity index is 1.37. The van der Waals surface area contributed by atoms with Crippen molar-refractivity contribution in [2.45, 2.75) is 38.8 Å². The number of carbonyl (C=O) groups is 3. The zero-order valence-corrected chi connectivity index (χ0v) is 23.1. The number of benzene rings is 3. The lowest BCUT2D eigenvalue weighted by Gasteiger charge is -2.38. The number of anilines is 2. The van der Waals surface area contributed by atoms with Crippen molar-refractivity contribution in [1.82, 2.24) is 9.80 Å². The number of carbonyl (C=O) groups excluding carboxylic acids is 3. The molecule has 1 fully saturated rings. The molecule has 0 radical (unpaired) electrons. The molecule has 40 heavy (non-hydrogen) atoms. The van der Waals surface area contributed by atoms with Gasteiger partial charge in [0, 0.05) is 36.5 Å². The van der Waals surface area contributed by atoms with E-state index < -0.39 is 12.1 Å². The fourth-order valence-corrected chi connectivity index (χ4v) is 5.01. The van der Waals surface area contributed by atoms with Crippen molar-refractivity contribution >= 4 is 40.0 Å². The fraction of sp³-hybridized carbons (Fsp3) is 0.387. The predicted molar refractivity (Wildman–Crippen MR) is 155 cm³/mol. The highest BCUT2D eigenvalue weighted by molar-refractivity contribution is 6.02. The molecular formula is C31H36N4O5. The summed E-state index contributed by atoms with van der Waals surface area (Å²) in [7, 11) is 1.71. The quantitative estimate of drug-likeness (QED) is 0.404. The van der Waals surface area contributed by atoms with Crippen LogP contribution in [-0.2, 0) is 4.79 Å². The third-order valence-electron chi connectivity index (χ3n) is 7.71. The molecule has 1 aliphatic heterocycles. The normalized spacial score (nSPS) is 19.6. The van der Waals surface area contributed by atoms with Gasteiger partial charge in [0.25, 0.3) is 5.91 Å². The summed E-state index contributed by atoms with van der Waals surface area (Å²) in [6.07, 6.45) is 1.32. The van der Waals surface area contributed by atoms with Crippen molar-refractivity contribution in [3.63, 3.8) is 0 Å². The van der Waals surface area contributed by atoms with Crippen molar-refractivity contribution in [3.8, 4) is 5.75 Å². The molecule has 5 rings (SSSR count). The van der Waals surface area contributed by atoms with E-state index in [4.69, 9.17) is 4.74 Å². The van der Waals surface area contributed by atoms with Crippen molar-refractivity contribution < 1.29 is 24.2 Å². The van der Waals surface area contributed by atoms with Gasteiger partial charge >= 0.3 is 6.03 Å². The summed E-state index contributed by atoms with van der Waals surface area (Å²) in [6, 6.07) is 18.0. The largest absolute Gasteiger partial charge is 0.487 e. The van der Waals surface area contributed by atoms with Crippen LogP contribution in [0.5, 0.6) is 5.75 Å². The van der Waals surface area contributed by atoms with E-state index in [0.29, 0.717) is 23.5 Å². The van der Waals surface area contributed by atoms with Crippen molar-refractivity contribution in [3.05, 3.63) is 66.2 Å². The van der Waals surface area contributed by atoms with Crippen LogP contribution in [0.1, 0.15) is 37.0 Å². The Bertz CT molecular complexity index is 1420. The van der Waals surface area contributed by atoms with Crippen LogP contribution in [0.15, 0.2) is 60.7 Å². The fourth-order valence-electron chi connectivity index (χ4n) is 5.01. The maximum atomic E-state index is 13.6. The number of nitrogens with one attached hydrogen (secondary N) is 2. The second-order valence-electron chi connectivity index (χ2n) is 10.9. The van der Waals surface area contributed by atoms with Crippen LogP contribution in [0.3, 0.4) is 0 Å². The SMILES string of the molecule is C[C@@H]1CN([C@H](C)CO)C(=O)c2cc(NC(=O)C3CC3)ccc2O[C@@H]1CN(C)C(=O)Nc1cccc2ccccc12. The number of aliphatic hydroxyl groups excluding tert-OH is 1. The van der Waals surface area contributed by atoms with E-state index >= 15 is 0 Å². The maximum absolute atomic E-state index is 13.6. The van der Waals surface area contributed by atoms with Gasteiger partial charge in [0.2, 0.25) is 5.91 Å². The summed E-state index contributed by atoms with van der Waals surface area (Å²) >= 11 is 0. The monoisotopic (exact) mass is 544 g/mol. The lowest BCUT2D eigenvalue weighted by molar-refractivity contribution is -0.117. The van der Waals surface area contributed by atoms with E-state index in [2.05, 4.69) is 10.6 Å². The predicted octanol–water partition coefficient (Wildman–Crippen LogP) is 4.57. The Morgan fingerprint density at radius 3 is 2.60 bits per heavy atom. The van der Waals surface area contributed by atoms with Crippen LogP contribution < -0.4 is 15.4 Å². The van der Waals surface area contributed by atoms with E-state index in [1.165, 1.54) is 0 Å². The van der Waals surface area contributed by atoms with Gasteiger partial charge in [0.15, 0.2) is 0 Å². The minimum atomic E-state index is -0.435. The van der Waals surface area contributed by atoms with Crippen molar-refractivity contribution in [1.29, 1.82) is 0 Å². The van der Waals surface area contributed by atoms with E-state index in [1.54, 1.807) is 42.0 Å². The van der Waals surface area contributed by atoms with Gasteiger partial charge in [-0.05, 0) is 49.4 Å². The Morgan fingerprint density at radius 1 is 1.10 bits per heavy atom.